The van der Waals surface area contributed by atoms with Gasteiger partial charge in [0.2, 0.25) is 0 Å². The normalized spacial score (nSPS) is 15.5. The smallest absolute Gasteiger partial charge is 0.416 e. The molecular formula is C24H28F4N2O2. The molecule has 0 bridgehead atoms. The number of nitrogens with zero attached hydrogens (tertiary/aromatic N) is 2. The molecule has 174 valence electrons. The lowest BCUT2D eigenvalue weighted by Gasteiger charge is -2.40. The first-order valence-corrected chi connectivity index (χ1v) is 10.6. The van der Waals surface area contributed by atoms with E-state index in [1.807, 2.05) is 25.7 Å². The van der Waals surface area contributed by atoms with Crippen LogP contribution >= 0.6 is 0 Å². The summed E-state index contributed by atoms with van der Waals surface area (Å²) in [5.74, 6) is -0.382. The number of benzene rings is 2. The maximum absolute atomic E-state index is 13.5. The van der Waals surface area contributed by atoms with Crippen molar-refractivity contribution in [3.63, 3.8) is 0 Å². The molecule has 1 aliphatic heterocycles. The van der Waals surface area contributed by atoms with E-state index in [1.165, 1.54) is 18.2 Å². The number of amides is 1. The van der Waals surface area contributed by atoms with Crippen LogP contribution in [-0.4, -0.2) is 35.7 Å². The third-order valence-electron chi connectivity index (χ3n) is 5.32. The Hall–Kier alpha value is -2.77. The number of likely N-dealkylation sites (tertiary alicyclic amines) is 1. The molecule has 32 heavy (non-hydrogen) atoms. The van der Waals surface area contributed by atoms with Crippen LogP contribution in [0.2, 0.25) is 0 Å². The molecule has 0 aromatic heterocycles. The summed E-state index contributed by atoms with van der Waals surface area (Å²) < 4.78 is 58.4. The number of halogens is 4. The number of hydrogen-bond acceptors (Lipinski definition) is 3. The van der Waals surface area contributed by atoms with E-state index in [0.29, 0.717) is 31.5 Å². The molecule has 1 aliphatic rings. The van der Waals surface area contributed by atoms with Crippen LogP contribution in [0.25, 0.3) is 0 Å². The van der Waals surface area contributed by atoms with Crippen molar-refractivity contribution in [2.75, 3.05) is 18.0 Å². The van der Waals surface area contributed by atoms with E-state index in [-0.39, 0.29) is 24.5 Å². The zero-order chi connectivity index (χ0) is 23.5. The first-order valence-electron chi connectivity index (χ1n) is 10.6. The molecule has 4 nitrogen and oxygen atoms in total. The molecule has 8 heteroatoms. The maximum Gasteiger partial charge on any atom is 0.416 e. The van der Waals surface area contributed by atoms with Crippen LogP contribution in [0.5, 0.6) is 0 Å². The van der Waals surface area contributed by atoms with E-state index >= 15 is 0 Å². The molecule has 2 aromatic rings. The van der Waals surface area contributed by atoms with Crippen molar-refractivity contribution in [3.05, 3.63) is 65.5 Å². The van der Waals surface area contributed by atoms with E-state index in [1.54, 1.807) is 23.1 Å². The molecule has 1 fully saturated rings. The quantitative estimate of drug-likeness (QED) is 0.514. The Morgan fingerprint density at radius 3 is 2.25 bits per heavy atom. The third kappa shape index (κ3) is 6.37. The van der Waals surface area contributed by atoms with Gasteiger partial charge >= 0.3 is 12.3 Å². The second kappa shape index (κ2) is 9.38. The van der Waals surface area contributed by atoms with Crippen molar-refractivity contribution in [1.29, 1.82) is 0 Å². The Morgan fingerprint density at radius 2 is 1.69 bits per heavy atom. The number of rotatable bonds is 4. The zero-order valence-corrected chi connectivity index (χ0v) is 18.5. The van der Waals surface area contributed by atoms with E-state index in [0.717, 1.165) is 17.8 Å². The molecule has 0 radical (unpaired) electrons. The monoisotopic (exact) mass is 452 g/mol. The van der Waals surface area contributed by atoms with Gasteiger partial charge in [-0.15, -0.1) is 0 Å². The Morgan fingerprint density at radius 1 is 1.06 bits per heavy atom. The van der Waals surface area contributed by atoms with Gasteiger partial charge in [-0.05, 0) is 75.6 Å². The average molecular weight is 452 g/mol. The standard InChI is InChI=1S/C24H28F4N2O2/c1-23(2,3)32-22(31)29-13-11-21(12-14-29)30(20-9-7-19(25)8-10-20)16-17-5-4-6-18(15-17)24(26,27)28/h4-10,15,21H,11-14,16H2,1-3H3. The summed E-state index contributed by atoms with van der Waals surface area (Å²) in [5.41, 5.74) is -0.0514. The predicted octanol–water partition coefficient (Wildman–Crippen LogP) is 6.25. The fourth-order valence-electron chi connectivity index (χ4n) is 3.79. The minimum Gasteiger partial charge on any atom is -0.444 e. The molecule has 1 saturated heterocycles. The Kier molecular flexibility index (Phi) is 7.00. The molecule has 0 saturated carbocycles. The van der Waals surface area contributed by atoms with E-state index in [9.17, 15) is 22.4 Å². The van der Waals surface area contributed by atoms with Gasteiger partial charge in [-0.2, -0.15) is 13.2 Å². The number of piperidine rings is 1. The SMILES string of the molecule is CC(C)(C)OC(=O)N1CCC(N(Cc2cccc(C(F)(F)F)c2)c2ccc(F)cc2)CC1. The maximum atomic E-state index is 13.5. The van der Waals surface area contributed by atoms with Gasteiger partial charge in [-0.25, -0.2) is 9.18 Å². The van der Waals surface area contributed by atoms with Crippen LogP contribution in [0.1, 0.15) is 44.7 Å². The highest BCUT2D eigenvalue weighted by Gasteiger charge is 2.32. The highest BCUT2D eigenvalue weighted by atomic mass is 19.4. The fraction of sp³-hybridized carbons (Fsp3) is 0.458. The topological polar surface area (TPSA) is 32.8 Å². The van der Waals surface area contributed by atoms with Crippen molar-refractivity contribution in [2.45, 2.75) is 58.0 Å². The molecule has 0 spiro atoms. The largest absolute Gasteiger partial charge is 0.444 e. The van der Waals surface area contributed by atoms with E-state index in [2.05, 4.69) is 0 Å². The lowest BCUT2D eigenvalue weighted by atomic mass is 10.0. The number of ether oxygens (including phenoxy) is 1. The molecule has 3 rings (SSSR count). The van der Waals surface area contributed by atoms with Gasteiger partial charge in [0.25, 0.3) is 0 Å². The number of alkyl halides is 3. The minimum absolute atomic E-state index is 0.0197. The van der Waals surface area contributed by atoms with Gasteiger partial charge in [0.05, 0.1) is 5.56 Å². The summed E-state index contributed by atoms with van der Waals surface area (Å²) >= 11 is 0. The second-order valence-corrected chi connectivity index (χ2v) is 9.00. The molecule has 1 heterocycles. The third-order valence-corrected chi connectivity index (χ3v) is 5.32. The molecule has 0 unspecified atom stereocenters. The van der Waals surface area contributed by atoms with Gasteiger partial charge in [-0.1, -0.05) is 12.1 Å². The van der Waals surface area contributed by atoms with Crippen LogP contribution in [0.3, 0.4) is 0 Å². The highest BCUT2D eigenvalue weighted by Crippen LogP contribution is 2.31. The van der Waals surface area contributed by atoms with Gasteiger partial charge in [0, 0.05) is 31.4 Å². The number of carbonyl (C=O) groups excluding carboxylic acids is 1. The molecule has 0 N–H and O–H groups in total. The zero-order valence-electron chi connectivity index (χ0n) is 18.5. The Bertz CT molecular complexity index is 915. The molecule has 0 aliphatic carbocycles. The Labute approximate surface area is 185 Å². The predicted molar refractivity (Wildman–Crippen MR) is 115 cm³/mol. The van der Waals surface area contributed by atoms with Crippen molar-refractivity contribution in [2.24, 2.45) is 0 Å². The summed E-state index contributed by atoms with van der Waals surface area (Å²) in [6.07, 6.45) is -3.55. The van der Waals surface area contributed by atoms with Crippen LogP contribution < -0.4 is 4.90 Å². The van der Waals surface area contributed by atoms with Crippen molar-refractivity contribution < 1.29 is 27.1 Å². The summed E-state index contributed by atoms with van der Waals surface area (Å²) in [6.45, 7) is 6.61. The van der Waals surface area contributed by atoms with Gasteiger partial charge in [0.15, 0.2) is 0 Å². The molecule has 2 aromatic carbocycles. The number of anilines is 1. The van der Waals surface area contributed by atoms with Crippen LogP contribution in [0, 0.1) is 5.82 Å². The second-order valence-electron chi connectivity index (χ2n) is 9.00. The van der Waals surface area contributed by atoms with Crippen molar-refractivity contribution in [1.82, 2.24) is 4.90 Å². The van der Waals surface area contributed by atoms with Crippen molar-refractivity contribution in [3.8, 4) is 0 Å². The average Bonchev–Trinajstić information content (AvgIpc) is 2.71. The molecular weight excluding hydrogens is 424 g/mol. The van der Waals surface area contributed by atoms with E-state index < -0.39 is 17.3 Å². The van der Waals surface area contributed by atoms with Gasteiger partial charge in [-0.3, -0.25) is 0 Å². The van der Waals surface area contributed by atoms with Crippen LogP contribution in [0.4, 0.5) is 28.0 Å². The summed E-state index contributed by atoms with van der Waals surface area (Å²) in [7, 11) is 0. The van der Waals surface area contributed by atoms with Gasteiger partial charge in [0.1, 0.15) is 11.4 Å². The summed E-state index contributed by atoms with van der Waals surface area (Å²) in [5, 5.41) is 0. The fourth-order valence-corrected chi connectivity index (χ4v) is 3.79. The van der Waals surface area contributed by atoms with E-state index in [4.69, 9.17) is 4.74 Å². The van der Waals surface area contributed by atoms with Crippen molar-refractivity contribution >= 4 is 11.8 Å². The molecule has 1 amide bonds. The first-order chi connectivity index (χ1) is 14.9. The number of carbonyl (C=O) groups is 1. The Balaban J connectivity index is 1.78. The summed E-state index contributed by atoms with van der Waals surface area (Å²) in [4.78, 5) is 16.0. The number of hydrogen-bond donors (Lipinski definition) is 0. The minimum atomic E-state index is -4.42. The van der Waals surface area contributed by atoms with Crippen LogP contribution in [-0.2, 0) is 17.5 Å². The van der Waals surface area contributed by atoms with Gasteiger partial charge < -0.3 is 14.5 Å². The highest BCUT2D eigenvalue weighted by molar-refractivity contribution is 5.68. The molecule has 0 atom stereocenters. The lowest BCUT2D eigenvalue weighted by Crippen LogP contribution is -2.48. The summed E-state index contributed by atoms with van der Waals surface area (Å²) in [6, 6.07) is 11.2. The lowest BCUT2D eigenvalue weighted by molar-refractivity contribution is -0.137. The first kappa shape index (κ1) is 23.9. The van der Waals surface area contributed by atoms with Crippen LogP contribution in [0.15, 0.2) is 48.5 Å².